The average molecular weight is 173 g/mol. The molecule has 1 unspecified atom stereocenters. The second-order valence-corrected chi connectivity index (χ2v) is 4.45. The monoisotopic (exact) mass is 173 g/mol. The van der Waals surface area contributed by atoms with Crippen molar-refractivity contribution in [2.45, 2.75) is 38.9 Å². The Kier molecular flexibility index (Phi) is 4.75. The van der Waals surface area contributed by atoms with Crippen molar-refractivity contribution < 1.29 is 0 Å². The van der Waals surface area contributed by atoms with Gasteiger partial charge in [0.05, 0.1) is 6.17 Å². The van der Waals surface area contributed by atoms with Crippen LogP contribution in [0.4, 0.5) is 0 Å². The zero-order valence-corrected chi connectivity index (χ0v) is 9.02. The first-order valence-corrected chi connectivity index (χ1v) is 4.51. The molecule has 0 saturated carbocycles. The van der Waals surface area contributed by atoms with E-state index in [9.17, 15) is 0 Å². The first-order chi connectivity index (χ1) is 5.37. The van der Waals surface area contributed by atoms with Gasteiger partial charge in [0.25, 0.3) is 0 Å². The van der Waals surface area contributed by atoms with Gasteiger partial charge in [-0.05, 0) is 47.8 Å². The van der Waals surface area contributed by atoms with Crippen LogP contribution in [0.1, 0.15) is 27.2 Å². The lowest BCUT2D eigenvalue weighted by molar-refractivity contribution is 0.190. The van der Waals surface area contributed by atoms with Crippen LogP contribution >= 0.6 is 0 Å². The highest BCUT2D eigenvalue weighted by Gasteiger charge is 2.17. The second-order valence-electron chi connectivity index (χ2n) is 4.45. The van der Waals surface area contributed by atoms with E-state index >= 15 is 0 Å². The van der Waals surface area contributed by atoms with Crippen LogP contribution in [0.25, 0.3) is 0 Å². The molecular formula is C9H23N3. The van der Waals surface area contributed by atoms with Crippen molar-refractivity contribution in [3.8, 4) is 0 Å². The predicted octanol–water partition coefficient (Wildman–Crippen LogP) is 0.611. The van der Waals surface area contributed by atoms with Gasteiger partial charge in [0.2, 0.25) is 0 Å². The van der Waals surface area contributed by atoms with Crippen LogP contribution in [-0.4, -0.2) is 37.2 Å². The highest BCUT2D eigenvalue weighted by atomic mass is 15.2. The second kappa shape index (κ2) is 4.80. The third-order valence-electron chi connectivity index (χ3n) is 1.66. The van der Waals surface area contributed by atoms with E-state index in [1.54, 1.807) is 0 Å². The van der Waals surface area contributed by atoms with E-state index in [2.05, 4.69) is 45.1 Å². The molecule has 0 saturated heterocycles. The maximum absolute atomic E-state index is 5.52. The SMILES string of the molecule is CN(C)C(CCN)NC(C)(C)C. The minimum atomic E-state index is 0.157. The summed E-state index contributed by atoms with van der Waals surface area (Å²) in [5, 5.41) is 3.50. The molecule has 0 aromatic carbocycles. The first-order valence-electron chi connectivity index (χ1n) is 4.51. The normalized spacial score (nSPS) is 15.2. The fourth-order valence-electron chi connectivity index (χ4n) is 1.12. The summed E-state index contributed by atoms with van der Waals surface area (Å²) in [7, 11) is 4.14. The molecule has 3 N–H and O–H groups in total. The van der Waals surface area contributed by atoms with E-state index in [1.807, 2.05) is 0 Å². The van der Waals surface area contributed by atoms with Crippen molar-refractivity contribution in [3.63, 3.8) is 0 Å². The highest BCUT2D eigenvalue weighted by molar-refractivity contribution is 4.76. The van der Waals surface area contributed by atoms with Gasteiger partial charge in [-0.3, -0.25) is 10.2 Å². The predicted molar refractivity (Wildman–Crippen MR) is 54.0 cm³/mol. The standard InChI is InChI=1S/C9H23N3/c1-9(2,3)11-8(6-7-10)12(4)5/h8,11H,6-7,10H2,1-5H3. The minimum absolute atomic E-state index is 0.157. The largest absolute Gasteiger partial charge is 0.330 e. The average Bonchev–Trinajstić information content (AvgIpc) is 1.83. The lowest BCUT2D eigenvalue weighted by Gasteiger charge is -2.32. The molecule has 0 radical (unpaired) electrons. The van der Waals surface area contributed by atoms with E-state index in [4.69, 9.17) is 5.73 Å². The van der Waals surface area contributed by atoms with Crippen LogP contribution < -0.4 is 11.1 Å². The Labute approximate surface area is 76.3 Å². The zero-order chi connectivity index (χ0) is 9.78. The third kappa shape index (κ3) is 5.52. The summed E-state index contributed by atoms with van der Waals surface area (Å²) in [4.78, 5) is 2.16. The Bertz CT molecular complexity index is 115. The smallest absolute Gasteiger partial charge is 0.0608 e. The Morgan fingerprint density at radius 2 is 1.83 bits per heavy atom. The highest BCUT2D eigenvalue weighted by Crippen LogP contribution is 2.04. The van der Waals surface area contributed by atoms with Gasteiger partial charge in [0, 0.05) is 5.54 Å². The summed E-state index contributed by atoms with van der Waals surface area (Å²) in [5.74, 6) is 0. The number of nitrogens with one attached hydrogen (secondary N) is 1. The van der Waals surface area contributed by atoms with E-state index < -0.39 is 0 Å². The fourth-order valence-corrected chi connectivity index (χ4v) is 1.12. The lowest BCUT2D eigenvalue weighted by Crippen LogP contribution is -2.51. The molecule has 0 spiro atoms. The number of rotatable bonds is 4. The summed E-state index contributed by atoms with van der Waals surface area (Å²) < 4.78 is 0. The maximum atomic E-state index is 5.52. The van der Waals surface area contributed by atoms with Gasteiger partial charge in [-0.15, -0.1) is 0 Å². The minimum Gasteiger partial charge on any atom is -0.330 e. The van der Waals surface area contributed by atoms with Crippen molar-refractivity contribution in [2.75, 3.05) is 20.6 Å². The zero-order valence-electron chi connectivity index (χ0n) is 9.02. The Hall–Kier alpha value is -0.120. The maximum Gasteiger partial charge on any atom is 0.0608 e. The van der Waals surface area contributed by atoms with Crippen LogP contribution in [0.3, 0.4) is 0 Å². The van der Waals surface area contributed by atoms with Crippen LogP contribution in [0.5, 0.6) is 0 Å². The van der Waals surface area contributed by atoms with Gasteiger partial charge in [-0.25, -0.2) is 0 Å². The summed E-state index contributed by atoms with van der Waals surface area (Å²) >= 11 is 0. The summed E-state index contributed by atoms with van der Waals surface area (Å²) in [5.41, 5.74) is 5.68. The molecule has 12 heavy (non-hydrogen) atoms. The summed E-state index contributed by atoms with van der Waals surface area (Å²) in [6, 6.07) is 0. The topological polar surface area (TPSA) is 41.3 Å². The third-order valence-corrected chi connectivity index (χ3v) is 1.66. The van der Waals surface area contributed by atoms with Gasteiger partial charge >= 0.3 is 0 Å². The molecular weight excluding hydrogens is 150 g/mol. The molecule has 74 valence electrons. The van der Waals surface area contributed by atoms with E-state index in [0.29, 0.717) is 6.17 Å². The van der Waals surface area contributed by atoms with Gasteiger partial charge < -0.3 is 5.73 Å². The van der Waals surface area contributed by atoms with Crippen molar-refractivity contribution in [2.24, 2.45) is 5.73 Å². The van der Waals surface area contributed by atoms with Crippen LogP contribution in [0.2, 0.25) is 0 Å². The summed E-state index contributed by atoms with van der Waals surface area (Å²) in [6.07, 6.45) is 1.37. The van der Waals surface area contributed by atoms with Gasteiger partial charge in [-0.1, -0.05) is 0 Å². The van der Waals surface area contributed by atoms with E-state index in [0.717, 1.165) is 13.0 Å². The molecule has 0 bridgehead atoms. The Balaban J connectivity index is 3.95. The Morgan fingerprint density at radius 1 is 1.33 bits per heavy atom. The first kappa shape index (κ1) is 11.9. The molecule has 0 aliphatic heterocycles. The van der Waals surface area contributed by atoms with Gasteiger partial charge in [-0.2, -0.15) is 0 Å². The molecule has 3 heteroatoms. The molecule has 0 aliphatic rings. The quantitative estimate of drug-likeness (QED) is 0.612. The van der Waals surface area contributed by atoms with E-state index in [-0.39, 0.29) is 5.54 Å². The van der Waals surface area contributed by atoms with Crippen LogP contribution in [-0.2, 0) is 0 Å². The van der Waals surface area contributed by atoms with Gasteiger partial charge in [0.15, 0.2) is 0 Å². The fraction of sp³-hybridized carbons (Fsp3) is 1.00. The molecule has 0 aliphatic carbocycles. The molecule has 1 atom stereocenters. The molecule has 0 fully saturated rings. The number of hydrogen-bond donors (Lipinski definition) is 2. The number of nitrogens with zero attached hydrogens (tertiary/aromatic N) is 1. The molecule has 0 heterocycles. The molecule has 0 aromatic heterocycles. The Morgan fingerprint density at radius 3 is 2.08 bits per heavy atom. The van der Waals surface area contributed by atoms with Crippen LogP contribution in [0, 0.1) is 0 Å². The summed E-state index contributed by atoms with van der Waals surface area (Å²) in [6.45, 7) is 7.23. The van der Waals surface area contributed by atoms with E-state index in [1.165, 1.54) is 0 Å². The van der Waals surface area contributed by atoms with Crippen molar-refractivity contribution in [1.82, 2.24) is 10.2 Å². The molecule has 0 aromatic rings. The van der Waals surface area contributed by atoms with Gasteiger partial charge in [0.1, 0.15) is 0 Å². The van der Waals surface area contributed by atoms with Crippen molar-refractivity contribution in [3.05, 3.63) is 0 Å². The molecule has 0 amide bonds. The van der Waals surface area contributed by atoms with Crippen molar-refractivity contribution >= 4 is 0 Å². The number of nitrogens with two attached hydrogens (primary N) is 1. The lowest BCUT2D eigenvalue weighted by atomic mass is 10.1. The number of hydrogen-bond acceptors (Lipinski definition) is 3. The molecule has 3 nitrogen and oxygen atoms in total. The van der Waals surface area contributed by atoms with Crippen molar-refractivity contribution in [1.29, 1.82) is 0 Å². The molecule has 0 rings (SSSR count). The van der Waals surface area contributed by atoms with Crippen LogP contribution in [0.15, 0.2) is 0 Å².